The first kappa shape index (κ1) is 20.7. The van der Waals surface area contributed by atoms with Crippen LogP contribution < -0.4 is 0 Å². The van der Waals surface area contributed by atoms with Crippen molar-refractivity contribution in [3.05, 3.63) is 35.9 Å². The predicted octanol–water partition coefficient (Wildman–Crippen LogP) is 2.37. The fourth-order valence-electron chi connectivity index (χ4n) is 3.02. The summed E-state index contributed by atoms with van der Waals surface area (Å²) >= 11 is 0. The summed E-state index contributed by atoms with van der Waals surface area (Å²) in [7, 11) is 0. The minimum atomic E-state index is -1.79. The van der Waals surface area contributed by atoms with Crippen molar-refractivity contribution in [2.75, 3.05) is 13.2 Å². The molecule has 1 aliphatic heterocycles. The van der Waals surface area contributed by atoms with Gasteiger partial charge in [-0.1, -0.05) is 30.3 Å². The number of rotatable bonds is 6. The summed E-state index contributed by atoms with van der Waals surface area (Å²) in [5.74, 6) is -3.48. The van der Waals surface area contributed by atoms with Gasteiger partial charge in [0, 0.05) is 6.54 Å². The van der Waals surface area contributed by atoms with E-state index >= 15 is 0 Å². The minimum Gasteiger partial charge on any atom is -0.481 e. The van der Waals surface area contributed by atoms with Crippen LogP contribution in [0, 0.1) is 5.92 Å². The molecule has 1 aromatic rings. The van der Waals surface area contributed by atoms with E-state index in [2.05, 4.69) is 0 Å². The van der Waals surface area contributed by atoms with Crippen LogP contribution in [-0.4, -0.2) is 57.4 Å². The van der Waals surface area contributed by atoms with Gasteiger partial charge in [0.1, 0.15) is 5.60 Å². The topological polar surface area (TPSA) is 113 Å². The second kappa shape index (κ2) is 7.96. The Morgan fingerprint density at radius 2 is 1.81 bits per heavy atom. The zero-order chi connectivity index (χ0) is 20.2. The maximum absolute atomic E-state index is 12.6. The van der Waals surface area contributed by atoms with E-state index < -0.39 is 35.1 Å². The number of aliphatic carboxylic acids is 2. The Kier molecular flexibility index (Phi) is 6.10. The van der Waals surface area contributed by atoms with Gasteiger partial charge in [0.2, 0.25) is 0 Å². The monoisotopic (exact) mass is 379 g/mol. The van der Waals surface area contributed by atoms with Gasteiger partial charge < -0.3 is 19.7 Å². The lowest BCUT2D eigenvalue weighted by atomic mass is 9.93. The largest absolute Gasteiger partial charge is 0.481 e. The van der Waals surface area contributed by atoms with Gasteiger partial charge in [-0.3, -0.25) is 9.69 Å². The van der Waals surface area contributed by atoms with Crippen LogP contribution in [0.4, 0.5) is 4.79 Å². The third-order valence-corrected chi connectivity index (χ3v) is 4.32. The number of ether oxygens (including phenoxy) is 2. The number of likely N-dealkylation sites (tertiary alicyclic amines) is 1. The molecule has 8 heteroatoms. The fourth-order valence-corrected chi connectivity index (χ4v) is 3.02. The maximum atomic E-state index is 12.6. The van der Waals surface area contributed by atoms with E-state index in [0.717, 1.165) is 10.5 Å². The Labute approximate surface area is 157 Å². The molecule has 2 atom stereocenters. The molecule has 0 bridgehead atoms. The first-order valence-corrected chi connectivity index (χ1v) is 8.64. The predicted molar refractivity (Wildman–Crippen MR) is 95.1 cm³/mol. The van der Waals surface area contributed by atoms with Gasteiger partial charge in [0.25, 0.3) is 0 Å². The molecule has 0 radical (unpaired) electrons. The first-order valence-electron chi connectivity index (χ1n) is 8.64. The Morgan fingerprint density at radius 3 is 2.33 bits per heavy atom. The quantitative estimate of drug-likeness (QED) is 0.780. The Bertz CT molecular complexity index is 698. The lowest BCUT2D eigenvalue weighted by Gasteiger charge is -2.35. The molecule has 1 saturated heterocycles. The van der Waals surface area contributed by atoms with Crippen LogP contribution in [0.3, 0.4) is 0 Å². The third-order valence-electron chi connectivity index (χ3n) is 4.32. The van der Waals surface area contributed by atoms with Crippen molar-refractivity contribution >= 4 is 18.0 Å². The van der Waals surface area contributed by atoms with Gasteiger partial charge in [0.15, 0.2) is 5.54 Å². The molecular formula is C19H25NO7. The van der Waals surface area contributed by atoms with Gasteiger partial charge in [-0.15, -0.1) is 0 Å². The molecule has 1 heterocycles. The molecule has 1 aliphatic rings. The van der Waals surface area contributed by atoms with E-state index in [1.54, 1.807) is 20.8 Å². The molecule has 8 nitrogen and oxygen atoms in total. The summed E-state index contributed by atoms with van der Waals surface area (Å²) in [5.41, 5.74) is -1.79. The van der Waals surface area contributed by atoms with Crippen molar-refractivity contribution < 1.29 is 34.1 Å². The van der Waals surface area contributed by atoms with Crippen LogP contribution in [-0.2, 0) is 25.7 Å². The number of nitrogens with zero attached hydrogens (tertiary/aromatic N) is 1. The highest BCUT2D eigenvalue weighted by Gasteiger charge is 2.56. The van der Waals surface area contributed by atoms with Crippen molar-refractivity contribution in [1.29, 1.82) is 0 Å². The third kappa shape index (κ3) is 4.97. The molecule has 1 aromatic carbocycles. The number of hydrogen-bond donors (Lipinski definition) is 2. The normalized spacial score (nSPS) is 22.5. The van der Waals surface area contributed by atoms with E-state index in [-0.39, 0.29) is 26.2 Å². The summed E-state index contributed by atoms with van der Waals surface area (Å²) in [6, 6.07) is 9.16. The van der Waals surface area contributed by atoms with Crippen LogP contribution in [0.5, 0.6) is 0 Å². The SMILES string of the molecule is CC(C)(C)OC(=O)N1CC(C(=O)O)CC1(COCc1ccccc1)C(=O)O. The summed E-state index contributed by atoms with van der Waals surface area (Å²) in [5, 5.41) is 19.2. The number of carbonyl (C=O) groups excluding carboxylic acids is 1. The van der Waals surface area contributed by atoms with Crippen molar-refractivity contribution in [3.8, 4) is 0 Å². The highest BCUT2D eigenvalue weighted by molar-refractivity contribution is 5.87. The molecule has 0 aliphatic carbocycles. The highest BCUT2D eigenvalue weighted by atomic mass is 16.6. The number of amides is 1. The van der Waals surface area contributed by atoms with Gasteiger partial charge >= 0.3 is 18.0 Å². The average molecular weight is 379 g/mol. The van der Waals surface area contributed by atoms with Crippen LogP contribution >= 0.6 is 0 Å². The van der Waals surface area contributed by atoms with E-state index in [1.807, 2.05) is 30.3 Å². The molecule has 1 amide bonds. The second-order valence-corrected chi connectivity index (χ2v) is 7.65. The summed E-state index contributed by atoms with van der Waals surface area (Å²) in [6.07, 6.45) is -1.11. The summed E-state index contributed by atoms with van der Waals surface area (Å²) < 4.78 is 10.9. The average Bonchev–Trinajstić information content (AvgIpc) is 2.96. The van der Waals surface area contributed by atoms with E-state index in [1.165, 1.54) is 0 Å². The Morgan fingerprint density at radius 1 is 1.19 bits per heavy atom. The van der Waals surface area contributed by atoms with Gasteiger partial charge in [-0.25, -0.2) is 9.59 Å². The molecule has 27 heavy (non-hydrogen) atoms. The van der Waals surface area contributed by atoms with Crippen LogP contribution in [0.2, 0.25) is 0 Å². The molecule has 2 N–H and O–H groups in total. The molecule has 2 unspecified atom stereocenters. The van der Waals surface area contributed by atoms with Crippen molar-refractivity contribution in [3.63, 3.8) is 0 Å². The number of hydrogen-bond acceptors (Lipinski definition) is 5. The number of carboxylic acid groups (broad SMARTS) is 2. The summed E-state index contributed by atoms with van der Waals surface area (Å²) in [6.45, 7) is 4.54. The lowest BCUT2D eigenvalue weighted by molar-refractivity contribution is -0.154. The molecule has 0 saturated carbocycles. The molecule has 0 aromatic heterocycles. The summed E-state index contributed by atoms with van der Waals surface area (Å²) in [4.78, 5) is 37.1. The van der Waals surface area contributed by atoms with Gasteiger partial charge in [0.05, 0.1) is 19.1 Å². The molecule has 1 fully saturated rings. The maximum Gasteiger partial charge on any atom is 0.411 e. The van der Waals surface area contributed by atoms with Crippen LogP contribution in [0.25, 0.3) is 0 Å². The van der Waals surface area contributed by atoms with Crippen LogP contribution in [0.1, 0.15) is 32.8 Å². The standard InChI is InChI=1S/C19H25NO7/c1-18(2,3)27-17(25)20-10-14(15(21)22)9-19(20,16(23)24)12-26-11-13-7-5-4-6-8-13/h4-8,14H,9-12H2,1-3H3,(H,21,22)(H,23,24). The highest BCUT2D eigenvalue weighted by Crippen LogP contribution is 2.36. The van der Waals surface area contributed by atoms with Gasteiger partial charge in [-0.2, -0.15) is 0 Å². The minimum absolute atomic E-state index is 0.149. The van der Waals surface area contributed by atoms with E-state index in [0.29, 0.717) is 0 Å². The zero-order valence-corrected chi connectivity index (χ0v) is 15.7. The Balaban J connectivity index is 2.23. The van der Waals surface area contributed by atoms with E-state index in [9.17, 15) is 24.6 Å². The smallest absolute Gasteiger partial charge is 0.411 e. The zero-order valence-electron chi connectivity index (χ0n) is 15.7. The number of carbonyl (C=O) groups is 3. The fraction of sp³-hybridized carbons (Fsp3) is 0.526. The molecular weight excluding hydrogens is 354 g/mol. The first-order chi connectivity index (χ1) is 12.5. The van der Waals surface area contributed by atoms with Crippen molar-refractivity contribution in [2.24, 2.45) is 5.92 Å². The molecule has 0 spiro atoms. The molecule has 148 valence electrons. The van der Waals surface area contributed by atoms with E-state index in [4.69, 9.17) is 9.47 Å². The van der Waals surface area contributed by atoms with Crippen LogP contribution in [0.15, 0.2) is 30.3 Å². The lowest BCUT2D eigenvalue weighted by Crippen LogP contribution is -2.57. The Hall–Kier alpha value is -2.61. The van der Waals surface area contributed by atoms with Crippen molar-refractivity contribution in [2.45, 2.75) is 44.9 Å². The number of benzene rings is 1. The second-order valence-electron chi connectivity index (χ2n) is 7.65. The molecule has 2 rings (SSSR count). The van der Waals surface area contributed by atoms with Gasteiger partial charge in [-0.05, 0) is 32.8 Å². The van der Waals surface area contributed by atoms with Crippen molar-refractivity contribution in [1.82, 2.24) is 4.90 Å². The number of carboxylic acids is 2.